The molecule has 8 nitrogen and oxygen atoms in total. The molecule has 0 atom stereocenters. The van der Waals surface area contributed by atoms with Crippen molar-refractivity contribution in [3.63, 3.8) is 0 Å². The van der Waals surface area contributed by atoms with Crippen molar-refractivity contribution in [2.45, 2.75) is 6.92 Å². The third-order valence-corrected chi connectivity index (χ3v) is 2.83. The van der Waals surface area contributed by atoms with Gasteiger partial charge in [0.1, 0.15) is 0 Å². The summed E-state index contributed by atoms with van der Waals surface area (Å²) in [7, 11) is 0. The number of carbonyl (C=O) groups is 1. The molecule has 0 spiro atoms. The van der Waals surface area contributed by atoms with Crippen LogP contribution in [0.1, 0.15) is 15.9 Å². The minimum absolute atomic E-state index is 0. The third kappa shape index (κ3) is 4.59. The molecule has 2 rings (SSSR count). The van der Waals surface area contributed by atoms with Gasteiger partial charge in [-0.25, -0.2) is 4.79 Å². The normalized spacial score (nSPS) is 10.3. The van der Waals surface area contributed by atoms with Gasteiger partial charge in [-0.1, -0.05) is 11.3 Å². The van der Waals surface area contributed by atoms with Gasteiger partial charge in [0.25, 0.3) is 5.69 Å². The van der Waals surface area contributed by atoms with Crippen LogP contribution in [0.25, 0.3) is 0 Å². The topological polar surface area (TPSA) is 128 Å². The molecule has 1 N–H and O–H groups in total. The van der Waals surface area contributed by atoms with Gasteiger partial charge in [0.05, 0.1) is 21.9 Å². The third-order valence-electron chi connectivity index (χ3n) is 2.83. The number of aromatic carboxylic acids is 1. The quantitative estimate of drug-likeness (QED) is 0.369. The van der Waals surface area contributed by atoms with Crippen LogP contribution in [0, 0.1) is 17.0 Å². The molecule has 0 radical (unpaired) electrons. The van der Waals surface area contributed by atoms with Gasteiger partial charge >= 0.3 is 35.5 Å². The van der Waals surface area contributed by atoms with E-state index in [1.165, 1.54) is 37.3 Å². The number of azo groups is 1. The van der Waals surface area contributed by atoms with Gasteiger partial charge in [-0.05, 0) is 31.2 Å². The van der Waals surface area contributed by atoms with E-state index in [-0.39, 0.29) is 52.1 Å². The first-order valence-corrected chi connectivity index (χ1v) is 6.09. The molecule has 2 aromatic carbocycles. The maximum atomic E-state index is 11.6. The summed E-state index contributed by atoms with van der Waals surface area (Å²) in [5.74, 6) is -1.90. The molecule has 0 unspecified atom stereocenters. The van der Waals surface area contributed by atoms with Crippen LogP contribution in [0.2, 0.25) is 0 Å². The molecule has 23 heavy (non-hydrogen) atoms. The van der Waals surface area contributed by atoms with Crippen molar-refractivity contribution in [2.75, 3.05) is 0 Å². The van der Waals surface area contributed by atoms with E-state index >= 15 is 0 Å². The summed E-state index contributed by atoms with van der Waals surface area (Å²) in [5, 5.41) is 38.8. The molecule has 0 aliphatic heterocycles. The van der Waals surface area contributed by atoms with Crippen LogP contribution in [0.3, 0.4) is 0 Å². The summed E-state index contributed by atoms with van der Waals surface area (Å²) in [4.78, 5) is 21.0. The zero-order valence-electron chi connectivity index (χ0n) is 12.4. The molecule has 0 heterocycles. The van der Waals surface area contributed by atoms with E-state index in [2.05, 4.69) is 10.2 Å². The number of benzene rings is 2. The van der Waals surface area contributed by atoms with Gasteiger partial charge in [0, 0.05) is 12.1 Å². The number of nitro groups is 1. The van der Waals surface area contributed by atoms with E-state index in [1.807, 2.05) is 0 Å². The fraction of sp³-hybridized carbons (Fsp3) is 0.0714. The van der Waals surface area contributed by atoms with E-state index in [0.29, 0.717) is 5.69 Å². The zero-order valence-corrected chi connectivity index (χ0v) is 14.4. The standard InChI is InChI=1S/C14H11N3O5.Na/c1-8-6-10(7-12(13(8)18)14(19)20)16-15-9-2-4-11(5-3-9)17(21)22;/h2-7,18H,1H3,(H,19,20);/q;+1/p-1. The Labute approximate surface area is 152 Å². The van der Waals surface area contributed by atoms with E-state index in [4.69, 9.17) is 5.11 Å². The number of hydrogen-bond acceptors (Lipinski definition) is 6. The Kier molecular flexibility index (Phi) is 6.38. The monoisotopic (exact) mass is 323 g/mol. The number of aryl methyl sites for hydroxylation is 1. The predicted octanol–water partition coefficient (Wildman–Crippen LogP) is 0.0944. The number of carboxylic acids is 1. The molecule has 0 amide bonds. The predicted molar refractivity (Wildman–Crippen MR) is 74.9 cm³/mol. The summed E-state index contributed by atoms with van der Waals surface area (Å²) in [6.45, 7) is 1.49. The van der Waals surface area contributed by atoms with E-state index in [0.717, 1.165) is 6.07 Å². The minimum atomic E-state index is -1.33. The summed E-state index contributed by atoms with van der Waals surface area (Å²) >= 11 is 0. The van der Waals surface area contributed by atoms with Gasteiger partial charge < -0.3 is 10.2 Å². The maximum absolute atomic E-state index is 11.6. The smallest absolute Gasteiger partial charge is 0.872 e. The van der Waals surface area contributed by atoms with Crippen LogP contribution >= 0.6 is 0 Å². The van der Waals surface area contributed by atoms with Crippen LogP contribution in [-0.4, -0.2) is 16.0 Å². The van der Waals surface area contributed by atoms with Crippen molar-refractivity contribution in [3.05, 3.63) is 57.6 Å². The van der Waals surface area contributed by atoms with Crippen molar-refractivity contribution in [1.29, 1.82) is 0 Å². The number of carboxylic acid groups (broad SMARTS) is 1. The van der Waals surface area contributed by atoms with Crippen molar-refractivity contribution in [2.24, 2.45) is 10.2 Å². The van der Waals surface area contributed by atoms with Gasteiger partial charge in [-0.2, -0.15) is 10.2 Å². The summed E-state index contributed by atoms with van der Waals surface area (Å²) < 4.78 is 0. The SMILES string of the molecule is Cc1cc(N=Nc2ccc([N+](=O)[O-])cc2)cc(C(=O)O)c1[O-].[Na+]. The van der Waals surface area contributed by atoms with E-state index < -0.39 is 16.6 Å². The zero-order chi connectivity index (χ0) is 16.3. The minimum Gasteiger partial charge on any atom is -0.872 e. The Bertz CT molecular complexity index is 775. The molecule has 112 valence electrons. The second-order valence-corrected chi connectivity index (χ2v) is 4.42. The second-order valence-electron chi connectivity index (χ2n) is 4.42. The number of non-ortho nitro benzene ring substituents is 1. The molecule has 0 aliphatic rings. The van der Waals surface area contributed by atoms with Crippen LogP contribution in [0.15, 0.2) is 46.6 Å². The molecule has 0 saturated carbocycles. The Morgan fingerprint density at radius 3 is 2.22 bits per heavy atom. The van der Waals surface area contributed by atoms with Gasteiger partial charge in [-0.3, -0.25) is 10.1 Å². The molecule has 9 heteroatoms. The van der Waals surface area contributed by atoms with Crippen molar-refractivity contribution < 1.29 is 49.5 Å². The molecule has 0 aromatic heterocycles. The van der Waals surface area contributed by atoms with E-state index in [9.17, 15) is 20.0 Å². The average molecular weight is 323 g/mol. The van der Waals surface area contributed by atoms with Crippen LogP contribution in [-0.2, 0) is 0 Å². The van der Waals surface area contributed by atoms with E-state index in [1.54, 1.807) is 0 Å². The van der Waals surface area contributed by atoms with Crippen LogP contribution < -0.4 is 34.7 Å². The largest absolute Gasteiger partial charge is 1.00 e. The molecular weight excluding hydrogens is 313 g/mol. The fourth-order valence-corrected chi connectivity index (χ4v) is 1.73. The Balaban J connectivity index is 0.00000264. The van der Waals surface area contributed by atoms with Crippen LogP contribution in [0.4, 0.5) is 17.1 Å². The summed E-state index contributed by atoms with van der Waals surface area (Å²) in [6.07, 6.45) is 0. The summed E-state index contributed by atoms with van der Waals surface area (Å²) in [6, 6.07) is 7.94. The number of nitro benzene ring substituents is 1. The Hall–Kier alpha value is -2.29. The fourth-order valence-electron chi connectivity index (χ4n) is 1.73. The first-order valence-electron chi connectivity index (χ1n) is 6.09. The summed E-state index contributed by atoms with van der Waals surface area (Å²) in [5.41, 5.74) is 0.382. The molecule has 0 aliphatic carbocycles. The Morgan fingerprint density at radius 2 is 1.70 bits per heavy atom. The van der Waals surface area contributed by atoms with Crippen molar-refractivity contribution in [3.8, 4) is 5.75 Å². The van der Waals surface area contributed by atoms with Crippen molar-refractivity contribution >= 4 is 23.0 Å². The molecular formula is C14H10N3NaO5. The van der Waals surface area contributed by atoms with Crippen LogP contribution in [0.5, 0.6) is 5.75 Å². The second kappa shape index (κ2) is 7.82. The maximum Gasteiger partial charge on any atom is 1.00 e. The first-order chi connectivity index (χ1) is 10.4. The van der Waals surface area contributed by atoms with Crippen molar-refractivity contribution in [1.82, 2.24) is 0 Å². The number of nitrogens with zero attached hydrogens (tertiary/aromatic N) is 3. The molecule has 0 saturated heterocycles. The molecule has 0 fully saturated rings. The van der Waals surface area contributed by atoms with Gasteiger partial charge in [0.2, 0.25) is 0 Å². The van der Waals surface area contributed by atoms with Gasteiger partial charge in [0.15, 0.2) is 0 Å². The number of rotatable bonds is 4. The number of hydrogen-bond donors (Lipinski definition) is 1. The Morgan fingerprint density at radius 1 is 1.13 bits per heavy atom. The molecule has 0 bridgehead atoms. The average Bonchev–Trinajstić information content (AvgIpc) is 2.48. The van der Waals surface area contributed by atoms with Gasteiger partial charge in [-0.15, -0.1) is 0 Å². The molecule has 2 aromatic rings. The first kappa shape index (κ1) is 18.8.